The number of benzene rings is 2. The first-order valence-electron chi connectivity index (χ1n) is 8.17. The van der Waals surface area contributed by atoms with Crippen LogP contribution in [0, 0.1) is 20.8 Å². The van der Waals surface area contributed by atoms with Gasteiger partial charge in [0.1, 0.15) is 5.54 Å². The molecule has 3 amide bonds. The standard InChI is InChI=1S/C20H21N3O2/c1-13-10-14(2)17(15(3)11-13)12-21-23-18(24)20(4,22-19(23)25)16-8-6-5-7-9-16/h5-12H,1-4H3,(H,22,25)/t20-/m0/s1. The Labute approximate surface area is 147 Å². The number of amides is 3. The summed E-state index contributed by atoms with van der Waals surface area (Å²) < 4.78 is 0. The van der Waals surface area contributed by atoms with E-state index < -0.39 is 11.6 Å². The number of hydrogen-bond donors (Lipinski definition) is 1. The van der Waals surface area contributed by atoms with Crippen LogP contribution in [-0.4, -0.2) is 23.2 Å². The Morgan fingerprint density at radius 1 is 1.04 bits per heavy atom. The predicted molar refractivity (Wildman–Crippen MR) is 97.4 cm³/mol. The number of hydrogen-bond acceptors (Lipinski definition) is 3. The highest BCUT2D eigenvalue weighted by atomic mass is 16.2. The summed E-state index contributed by atoms with van der Waals surface area (Å²) in [6.45, 7) is 7.70. The normalized spacial score (nSPS) is 20.4. The van der Waals surface area contributed by atoms with Gasteiger partial charge in [-0.15, -0.1) is 5.01 Å². The lowest BCUT2D eigenvalue weighted by Gasteiger charge is -2.21. The maximum absolute atomic E-state index is 12.8. The molecule has 0 aromatic heterocycles. The average molecular weight is 335 g/mol. The molecule has 0 saturated carbocycles. The zero-order valence-electron chi connectivity index (χ0n) is 14.8. The number of nitrogens with one attached hydrogen (secondary N) is 1. The second-order valence-electron chi connectivity index (χ2n) is 6.60. The predicted octanol–water partition coefficient (Wildman–Crippen LogP) is 3.41. The molecule has 2 aromatic carbocycles. The highest BCUT2D eigenvalue weighted by Gasteiger charge is 2.49. The largest absolute Gasteiger partial charge is 0.346 e. The molecule has 1 heterocycles. The fourth-order valence-corrected chi connectivity index (χ4v) is 3.21. The van der Waals surface area contributed by atoms with E-state index in [1.165, 1.54) is 5.56 Å². The smallest absolute Gasteiger partial charge is 0.318 e. The van der Waals surface area contributed by atoms with Crippen LogP contribution in [0.2, 0.25) is 0 Å². The Balaban J connectivity index is 1.92. The Morgan fingerprint density at radius 3 is 2.24 bits per heavy atom. The third kappa shape index (κ3) is 2.93. The zero-order chi connectivity index (χ0) is 18.2. The Hall–Kier alpha value is -2.95. The van der Waals surface area contributed by atoms with E-state index in [9.17, 15) is 9.59 Å². The monoisotopic (exact) mass is 335 g/mol. The number of carbonyl (C=O) groups is 2. The molecule has 0 spiro atoms. The second kappa shape index (κ2) is 6.16. The van der Waals surface area contributed by atoms with Gasteiger partial charge in [-0.2, -0.15) is 5.10 Å². The third-order valence-corrected chi connectivity index (χ3v) is 4.56. The van der Waals surface area contributed by atoms with Gasteiger partial charge < -0.3 is 5.32 Å². The SMILES string of the molecule is Cc1cc(C)c(C=NN2C(=O)N[C@@](C)(c3ccccc3)C2=O)c(C)c1. The highest BCUT2D eigenvalue weighted by molar-refractivity contribution is 6.07. The van der Waals surface area contributed by atoms with Crippen molar-refractivity contribution in [1.29, 1.82) is 0 Å². The van der Waals surface area contributed by atoms with Crippen molar-refractivity contribution in [3.63, 3.8) is 0 Å². The minimum Gasteiger partial charge on any atom is -0.318 e. The molecule has 1 N–H and O–H groups in total. The lowest BCUT2D eigenvalue weighted by Crippen LogP contribution is -2.40. The fourth-order valence-electron chi connectivity index (χ4n) is 3.21. The number of urea groups is 1. The molecule has 3 rings (SSSR count). The van der Waals surface area contributed by atoms with E-state index in [4.69, 9.17) is 0 Å². The van der Waals surface area contributed by atoms with E-state index in [2.05, 4.69) is 10.4 Å². The molecule has 0 unspecified atom stereocenters. The van der Waals surface area contributed by atoms with Crippen molar-refractivity contribution in [1.82, 2.24) is 10.3 Å². The van der Waals surface area contributed by atoms with Gasteiger partial charge in [-0.25, -0.2) is 4.79 Å². The van der Waals surface area contributed by atoms with Gasteiger partial charge >= 0.3 is 6.03 Å². The second-order valence-corrected chi connectivity index (χ2v) is 6.60. The molecule has 1 aliphatic rings. The minimum atomic E-state index is -1.10. The first-order chi connectivity index (χ1) is 11.8. The molecule has 5 heteroatoms. The Bertz CT molecular complexity index is 851. The van der Waals surface area contributed by atoms with E-state index in [1.807, 2.05) is 63.2 Å². The number of aryl methyl sites for hydroxylation is 3. The molecular weight excluding hydrogens is 314 g/mol. The summed E-state index contributed by atoms with van der Waals surface area (Å²) in [4.78, 5) is 25.1. The van der Waals surface area contributed by atoms with E-state index in [0.29, 0.717) is 0 Å². The summed E-state index contributed by atoms with van der Waals surface area (Å²) >= 11 is 0. The molecule has 1 aliphatic heterocycles. The van der Waals surface area contributed by atoms with Crippen molar-refractivity contribution in [3.05, 3.63) is 70.3 Å². The highest BCUT2D eigenvalue weighted by Crippen LogP contribution is 2.28. The number of rotatable bonds is 3. The van der Waals surface area contributed by atoms with Gasteiger partial charge in [0.05, 0.1) is 6.21 Å². The van der Waals surface area contributed by atoms with Gasteiger partial charge in [-0.1, -0.05) is 48.0 Å². The molecule has 0 aliphatic carbocycles. The first-order valence-corrected chi connectivity index (χ1v) is 8.17. The summed E-state index contributed by atoms with van der Waals surface area (Å²) in [5.74, 6) is -0.387. The van der Waals surface area contributed by atoms with Crippen molar-refractivity contribution in [2.75, 3.05) is 0 Å². The lowest BCUT2D eigenvalue weighted by atomic mass is 9.92. The van der Waals surface area contributed by atoms with Crippen LogP contribution in [0.1, 0.15) is 34.7 Å². The van der Waals surface area contributed by atoms with Crippen LogP contribution in [0.15, 0.2) is 47.6 Å². The zero-order valence-corrected chi connectivity index (χ0v) is 14.8. The minimum absolute atomic E-state index is 0.387. The van der Waals surface area contributed by atoms with E-state index >= 15 is 0 Å². The Morgan fingerprint density at radius 2 is 1.64 bits per heavy atom. The van der Waals surface area contributed by atoms with E-state index in [1.54, 1.807) is 13.1 Å². The maximum atomic E-state index is 12.8. The van der Waals surface area contributed by atoms with Gasteiger partial charge in [-0.3, -0.25) is 4.79 Å². The number of carbonyl (C=O) groups excluding carboxylic acids is 2. The van der Waals surface area contributed by atoms with Crippen LogP contribution in [-0.2, 0) is 10.3 Å². The van der Waals surface area contributed by atoms with E-state index in [0.717, 1.165) is 27.3 Å². The van der Waals surface area contributed by atoms with Crippen molar-refractivity contribution < 1.29 is 9.59 Å². The summed E-state index contributed by atoms with van der Waals surface area (Å²) in [6, 6.07) is 12.8. The number of imide groups is 1. The molecular formula is C20H21N3O2. The van der Waals surface area contributed by atoms with Crippen LogP contribution in [0.3, 0.4) is 0 Å². The van der Waals surface area contributed by atoms with Gasteiger partial charge in [0, 0.05) is 5.56 Å². The van der Waals surface area contributed by atoms with Crippen LogP contribution in [0.25, 0.3) is 0 Å². The van der Waals surface area contributed by atoms with Crippen molar-refractivity contribution >= 4 is 18.2 Å². The van der Waals surface area contributed by atoms with Crippen LogP contribution >= 0.6 is 0 Å². The van der Waals surface area contributed by atoms with Crippen molar-refractivity contribution in [3.8, 4) is 0 Å². The maximum Gasteiger partial charge on any atom is 0.346 e. The molecule has 1 atom stereocenters. The summed E-state index contributed by atoms with van der Waals surface area (Å²) in [7, 11) is 0. The first kappa shape index (κ1) is 16.9. The number of nitrogens with zero attached hydrogens (tertiary/aromatic N) is 2. The van der Waals surface area contributed by atoms with Gasteiger partial charge in [0.15, 0.2) is 0 Å². The topological polar surface area (TPSA) is 61.8 Å². The molecule has 0 bridgehead atoms. The van der Waals surface area contributed by atoms with Gasteiger partial charge in [0.2, 0.25) is 0 Å². The van der Waals surface area contributed by atoms with Crippen LogP contribution in [0.4, 0.5) is 4.79 Å². The fraction of sp³-hybridized carbons (Fsp3) is 0.250. The average Bonchev–Trinajstić information content (AvgIpc) is 2.78. The van der Waals surface area contributed by atoms with Crippen molar-refractivity contribution in [2.45, 2.75) is 33.2 Å². The quantitative estimate of drug-likeness (QED) is 0.690. The van der Waals surface area contributed by atoms with Crippen LogP contribution < -0.4 is 5.32 Å². The van der Waals surface area contributed by atoms with Gasteiger partial charge in [0.25, 0.3) is 5.91 Å². The number of hydrazone groups is 1. The molecule has 5 nitrogen and oxygen atoms in total. The molecule has 128 valence electrons. The molecule has 0 radical (unpaired) electrons. The molecule has 1 fully saturated rings. The molecule has 2 aromatic rings. The molecule has 25 heavy (non-hydrogen) atoms. The summed E-state index contributed by atoms with van der Waals surface area (Å²) in [5, 5.41) is 7.83. The third-order valence-electron chi connectivity index (χ3n) is 4.56. The van der Waals surface area contributed by atoms with Crippen LogP contribution in [0.5, 0.6) is 0 Å². The molecule has 1 saturated heterocycles. The van der Waals surface area contributed by atoms with E-state index in [-0.39, 0.29) is 5.91 Å². The van der Waals surface area contributed by atoms with Gasteiger partial charge in [-0.05, 0) is 44.4 Å². The summed E-state index contributed by atoms with van der Waals surface area (Å²) in [5.41, 5.74) is 3.82. The van der Waals surface area contributed by atoms with Crippen molar-refractivity contribution in [2.24, 2.45) is 5.10 Å². The summed E-state index contributed by atoms with van der Waals surface area (Å²) in [6.07, 6.45) is 1.58. The Kier molecular flexibility index (Phi) is 4.17. The lowest BCUT2D eigenvalue weighted by molar-refractivity contribution is -0.131.